The van der Waals surface area contributed by atoms with Crippen molar-refractivity contribution in [1.82, 2.24) is 20.0 Å². The number of likely N-dealkylation sites (tertiary alicyclic amines) is 1. The largest absolute Gasteiger partial charge is 0.342 e. The molecule has 1 unspecified atom stereocenters. The van der Waals surface area contributed by atoms with Crippen LogP contribution in [0.2, 0.25) is 0 Å². The van der Waals surface area contributed by atoms with Gasteiger partial charge in [-0.25, -0.2) is 0 Å². The molecule has 1 aromatic carbocycles. The Bertz CT molecular complexity index is 786. The van der Waals surface area contributed by atoms with Crippen molar-refractivity contribution >= 4 is 11.8 Å². The van der Waals surface area contributed by atoms with Crippen LogP contribution >= 0.6 is 0 Å². The van der Waals surface area contributed by atoms with E-state index in [4.69, 9.17) is 0 Å². The van der Waals surface area contributed by atoms with E-state index in [9.17, 15) is 9.59 Å². The van der Waals surface area contributed by atoms with Gasteiger partial charge in [0.1, 0.15) is 0 Å². The second-order valence-corrected chi connectivity index (χ2v) is 7.19. The van der Waals surface area contributed by atoms with E-state index in [-0.39, 0.29) is 17.7 Å². The number of carbonyl (C=O) groups excluding carboxylic acids is 2. The van der Waals surface area contributed by atoms with Gasteiger partial charge in [-0.05, 0) is 18.4 Å². The maximum atomic E-state index is 13.0. The lowest BCUT2D eigenvalue weighted by Gasteiger charge is -2.36. The van der Waals surface area contributed by atoms with Gasteiger partial charge in [0.15, 0.2) is 0 Å². The first kappa shape index (κ1) is 16.8. The van der Waals surface area contributed by atoms with E-state index in [2.05, 4.69) is 22.3 Å². The van der Waals surface area contributed by atoms with Gasteiger partial charge in [-0.2, -0.15) is 5.10 Å². The third kappa shape index (κ3) is 3.49. The Morgan fingerprint density at radius 3 is 2.92 bits per heavy atom. The molecule has 3 heterocycles. The molecule has 0 aliphatic carbocycles. The number of H-pyrrole nitrogens is 1. The quantitative estimate of drug-likeness (QED) is 0.912. The molecule has 1 N–H and O–H groups in total. The predicted molar refractivity (Wildman–Crippen MR) is 97.2 cm³/mol. The first-order valence-electron chi connectivity index (χ1n) is 9.32. The van der Waals surface area contributed by atoms with E-state index in [1.165, 1.54) is 5.56 Å². The van der Waals surface area contributed by atoms with E-state index < -0.39 is 0 Å². The molecular formula is C20H24N4O2. The van der Waals surface area contributed by atoms with Crippen molar-refractivity contribution < 1.29 is 9.59 Å². The molecule has 0 spiro atoms. The zero-order valence-corrected chi connectivity index (χ0v) is 14.9. The van der Waals surface area contributed by atoms with Crippen LogP contribution in [0.1, 0.15) is 29.7 Å². The minimum atomic E-state index is -0.0862. The summed E-state index contributed by atoms with van der Waals surface area (Å²) in [6.07, 6.45) is 4.59. The second kappa shape index (κ2) is 7.32. The minimum absolute atomic E-state index is 0.0862. The number of nitrogens with zero attached hydrogens (tertiary/aromatic N) is 3. The number of hydrogen-bond donors (Lipinski definition) is 1. The minimum Gasteiger partial charge on any atom is -0.342 e. The van der Waals surface area contributed by atoms with Crippen molar-refractivity contribution in [2.45, 2.75) is 32.2 Å². The van der Waals surface area contributed by atoms with E-state index in [0.29, 0.717) is 32.5 Å². The van der Waals surface area contributed by atoms with Gasteiger partial charge in [-0.3, -0.25) is 14.7 Å². The highest BCUT2D eigenvalue weighted by atomic mass is 16.2. The first-order chi connectivity index (χ1) is 12.7. The number of amides is 2. The van der Waals surface area contributed by atoms with E-state index in [1.54, 1.807) is 0 Å². The number of piperidine rings is 1. The van der Waals surface area contributed by atoms with Crippen LogP contribution in [-0.2, 0) is 29.0 Å². The zero-order valence-electron chi connectivity index (χ0n) is 14.9. The van der Waals surface area contributed by atoms with Gasteiger partial charge < -0.3 is 9.80 Å². The molecule has 6 nitrogen and oxygen atoms in total. The number of aromatic nitrogens is 2. The SMILES string of the molecule is O=C1CCC(C(=O)N2CCc3[nH]ncc3C2)CN1CCc1ccccc1. The lowest BCUT2D eigenvalue weighted by molar-refractivity contribution is -0.143. The molecule has 136 valence electrons. The Morgan fingerprint density at radius 2 is 2.08 bits per heavy atom. The van der Waals surface area contributed by atoms with Crippen LogP contribution in [0.3, 0.4) is 0 Å². The monoisotopic (exact) mass is 352 g/mol. The topological polar surface area (TPSA) is 69.3 Å². The zero-order chi connectivity index (χ0) is 17.9. The molecule has 26 heavy (non-hydrogen) atoms. The maximum Gasteiger partial charge on any atom is 0.227 e. The average Bonchev–Trinajstić information content (AvgIpc) is 3.15. The van der Waals surface area contributed by atoms with Gasteiger partial charge in [0.25, 0.3) is 0 Å². The molecule has 1 saturated heterocycles. The fourth-order valence-corrected chi connectivity index (χ4v) is 3.91. The summed E-state index contributed by atoms with van der Waals surface area (Å²) in [5, 5.41) is 7.07. The number of rotatable bonds is 4. The highest BCUT2D eigenvalue weighted by Gasteiger charge is 2.33. The smallest absolute Gasteiger partial charge is 0.227 e. The summed E-state index contributed by atoms with van der Waals surface area (Å²) in [4.78, 5) is 29.0. The molecule has 0 bridgehead atoms. The molecule has 2 aromatic rings. The molecule has 2 aliphatic rings. The summed E-state index contributed by atoms with van der Waals surface area (Å²) in [6.45, 7) is 2.57. The summed E-state index contributed by atoms with van der Waals surface area (Å²) in [7, 11) is 0. The van der Waals surface area contributed by atoms with Crippen molar-refractivity contribution in [2.75, 3.05) is 19.6 Å². The van der Waals surface area contributed by atoms with E-state index >= 15 is 0 Å². The van der Waals surface area contributed by atoms with Gasteiger partial charge in [-0.15, -0.1) is 0 Å². The van der Waals surface area contributed by atoms with E-state index in [0.717, 1.165) is 30.6 Å². The summed E-state index contributed by atoms with van der Waals surface area (Å²) in [5.74, 6) is 0.256. The second-order valence-electron chi connectivity index (χ2n) is 7.19. The third-order valence-electron chi connectivity index (χ3n) is 5.47. The molecule has 0 saturated carbocycles. The molecule has 1 atom stereocenters. The Kier molecular flexibility index (Phi) is 4.73. The Labute approximate surface area is 153 Å². The first-order valence-corrected chi connectivity index (χ1v) is 9.32. The fourth-order valence-electron chi connectivity index (χ4n) is 3.91. The Balaban J connectivity index is 1.36. The normalized spacial score (nSPS) is 20.2. The van der Waals surface area contributed by atoms with Gasteiger partial charge in [0.2, 0.25) is 11.8 Å². The van der Waals surface area contributed by atoms with Crippen LogP contribution < -0.4 is 0 Å². The van der Waals surface area contributed by atoms with Crippen LogP contribution in [0, 0.1) is 5.92 Å². The molecule has 1 fully saturated rings. The predicted octanol–water partition coefficient (Wildman–Crippen LogP) is 1.78. The molecular weight excluding hydrogens is 328 g/mol. The van der Waals surface area contributed by atoms with Crippen molar-refractivity contribution in [3.8, 4) is 0 Å². The summed E-state index contributed by atoms with van der Waals surface area (Å²) in [6, 6.07) is 10.2. The lowest BCUT2D eigenvalue weighted by Crippen LogP contribution is -2.48. The number of benzene rings is 1. The van der Waals surface area contributed by atoms with Gasteiger partial charge in [-0.1, -0.05) is 30.3 Å². The van der Waals surface area contributed by atoms with Crippen LogP contribution in [0.15, 0.2) is 36.5 Å². The van der Waals surface area contributed by atoms with Gasteiger partial charge in [0.05, 0.1) is 12.1 Å². The molecule has 4 rings (SSSR count). The van der Waals surface area contributed by atoms with Crippen molar-refractivity contribution in [3.63, 3.8) is 0 Å². The van der Waals surface area contributed by atoms with Crippen LogP contribution in [-0.4, -0.2) is 51.4 Å². The van der Waals surface area contributed by atoms with Crippen molar-refractivity contribution in [3.05, 3.63) is 53.3 Å². The third-order valence-corrected chi connectivity index (χ3v) is 5.47. The standard InChI is InChI=1S/C20H24N4O2/c25-19-7-6-16(13-23(19)10-8-15-4-2-1-3-5-15)20(26)24-11-9-18-17(14-24)12-21-22-18/h1-5,12,16H,6-11,13-14H2,(H,21,22). The molecule has 1 aromatic heterocycles. The number of hydrogen-bond acceptors (Lipinski definition) is 3. The van der Waals surface area contributed by atoms with Crippen molar-refractivity contribution in [2.24, 2.45) is 5.92 Å². The maximum absolute atomic E-state index is 13.0. The summed E-state index contributed by atoms with van der Waals surface area (Å²) >= 11 is 0. The number of aromatic amines is 1. The van der Waals surface area contributed by atoms with Gasteiger partial charge in [0, 0.05) is 50.3 Å². The number of carbonyl (C=O) groups is 2. The molecule has 6 heteroatoms. The lowest BCUT2D eigenvalue weighted by atomic mass is 9.94. The Morgan fingerprint density at radius 1 is 1.23 bits per heavy atom. The van der Waals surface area contributed by atoms with Crippen LogP contribution in [0.4, 0.5) is 0 Å². The highest BCUT2D eigenvalue weighted by molar-refractivity contribution is 5.84. The molecule has 0 radical (unpaired) electrons. The van der Waals surface area contributed by atoms with E-state index in [1.807, 2.05) is 34.2 Å². The van der Waals surface area contributed by atoms with Crippen LogP contribution in [0.5, 0.6) is 0 Å². The summed E-state index contributed by atoms with van der Waals surface area (Å²) < 4.78 is 0. The number of nitrogens with one attached hydrogen (secondary N) is 1. The Hall–Kier alpha value is -2.63. The fraction of sp³-hybridized carbons (Fsp3) is 0.450. The van der Waals surface area contributed by atoms with Gasteiger partial charge >= 0.3 is 0 Å². The molecule has 2 aliphatic heterocycles. The number of fused-ring (bicyclic) bond motifs is 1. The average molecular weight is 352 g/mol. The van der Waals surface area contributed by atoms with Crippen molar-refractivity contribution in [1.29, 1.82) is 0 Å². The highest BCUT2D eigenvalue weighted by Crippen LogP contribution is 2.24. The summed E-state index contributed by atoms with van der Waals surface area (Å²) in [5.41, 5.74) is 3.46. The van der Waals surface area contributed by atoms with Crippen LogP contribution in [0.25, 0.3) is 0 Å². The molecule has 2 amide bonds.